The van der Waals surface area contributed by atoms with E-state index >= 15 is 0 Å². The average Bonchev–Trinajstić information content (AvgIpc) is 3.40. The maximum Gasteiger partial charge on any atom is 0.344 e. The third-order valence-electron chi connectivity index (χ3n) is 3.73. The number of esters is 1. The van der Waals surface area contributed by atoms with Crippen molar-refractivity contribution in [2.75, 3.05) is 0 Å². The van der Waals surface area contributed by atoms with Crippen molar-refractivity contribution in [1.29, 1.82) is 0 Å². The van der Waals surface area contributed by atoms with Crippen LogP contribution in [0.15, 0.2) is 50.8 Å². The van der Waals surface area contributed by atoms with Gasteiger partial charge in [-0.2, -0.15) is 4.98 Å². The molecule has 9 heteroatoms. The van der Waals surface area contributed by atoms with E-state index in [2.05, 4.69) is 15.3 Å². The van der Waals surface area contributed by atoms with Crippen LogP contribution in [0, 0.1) is 6.92 Å². The monoisotopic (exact) mass is 401 g/mol. The summed E-state index contributed by atoms with van der Waals surface area (Å²) in [5, 5.41) is 10.2. The Morgan fingerprint density at radius 2 is 2.04 bits per heavy atom. The second-order valence-corrected chi connectivity index (χ2v) is 6.86. The van der Waals surface area contributed by atoms with Crippen LogP contribution in [0.1, 0.15) is 22.0 Å². The number of benzene rings is 1. The molecular formula is C18H12ClN3O4S. The molecule has 0 unspecified atom stereocenters. The Balaban J connectivity index is 1.53. The van der Waals surface area contributed by atoms with Crippen molar-refractivity contribution in [3.8, 4) is 22.0 Å². The molecule has 0 bridgehead atoms. The van der Waals surface area contributed by atoms with Crippen molar-refractivity contribution in [3.63, 3.8) is 0 Å². The van der Waals surface area contributed by atoms with E-state index in [1.165, 1.54) is 11.3 Å². The molecule has 0 radical (unpaired) electrons. The van der Waals surface area contributed by atoms with Gasteiger partial charge in [0.25, 0.3) is 5.89 Å². The van der Waals surface area contributed by atoms with Crippen molar-refractivity contribution in [2.45, 2.75) is 13.5 Å². The summed E-state index contributed by atoms with van der Waals surface area (Å²) in [6.45, 7) is 1.47. The Bertz CT molecular complexity index is 1090. The Morgan fingerprint density at radius 1 is 1.19 bits per heavy atom. The molecule has 4 aromatic rings. The predicted octanol–water partition coefficient (Wildman–Crippen LogP) is 4.77. The number of ether oxygens (including phenoxy) is 1. The van der Waals surface area contributed by atoms with Gasteiger partial charge in [0.15, 0.2) is 6.61 Å². The summed E-state index contributed by atoms with van der Waals surface area (Å²) in [5.41, 5.74) is 1.12. The largest absolute Gasteiger partial charge is 0.452 e. The first-order valence-corrected chi connectivity index (χ1v) is 9.14. The lowest BCUT2D eigenvalue weighted by molar-refractivity contribution is 0.0428. The molecule has 7 nitrogen and oxygen atoms in total. The van der Waals surface area contributed by atoms with E-state index in [4.69, 9.17) is 25.4 Å². The van der Waals surface area contributed by atoms with Gasteiger partial charge in [-0.15, -0.1) is 11.3 Å². The van der Waals surface area contributed by atoms with Gasteiger partial charge in [0, 0.05) is 5.56 Å². The zero-order valence-corrected chi connectivity index (χ0v) is 15.6. The highest BCUT2D eigenvalue weighted by molar-refractivity contribution is 7.13. The maximum atomic E-state index is 12.6. The quantitative estimate of drug-likeness (QED) is 0.444. The van der Waals surface area contributed by atoms with Gasteiger partial charge < -0.3 is 13.8 Å². The number of hydrogen-bond acceptors (Lipinski definition) is 8. The molecule has 1 aromatic carbocycles. The highest BCUT2D eigenvalue weighted by atomic mass is 35.5. The molecule has 0 fully saturated rings. The minimum absolute atomic E-state index is 0.163. The number of rotatable bonds is 5. The summed E-state index contributed by atoms with van der Waals surface area (Å²) in [7, 11) is 0. The molecule has 3 heterocycles. The number of hydrogen-bond donors (Lipinski definition) is 0. The number of aromatic nitrogens is 3. The van der Waals surface area contributed by atoms with Crippen molar-refractivity contribution in [3.05, 3.63) is 64.0 Å². The van der Waals surface area contributed by atoms with Crippen LogP contribution in [0.2, 0.25) is 5.02 Å². The van der Waals surface area contributed by atoms with Crippen LogP contribution in [-0.2, 0) is 11.3 Å². The molecule has 27 heavy (non-hydrogen) atoms. The highest BCUT2D eigenvalue weighted by Crippen LogP contribution is 2.31. The Kier molecular flexibility index (Phi) is 4.74. The van der Waals surface area contributed by atoms with Crippen LogP contribution in [0.5, 0.6) is 0 Å². The van der Waals surface area contributed by atoms with E-state index in [0.29, 0.717) is 27.9 Å². The lowest BCUT2D eigenvalue weighted by Gasteiger charge is -2.04. The van der Waals surface area contributed by atoms with E-state index in [-0.39, 0.29) is 18.1 Å². The minimum Gasteiger partial charge on any atom is -0.452 e. The first kappa shape index (κ1) is 17.4. The van der Waals surface area contributed by atoms with Crippen molar-refractivity contribution in [1.82, 2.24) is 15.3 Å². The van der Waals surface area contributed by atoms with Crippen LogP contribution in [0.4, 0.5) is 0 Å². The van der Waals surface area contributed by atoms with Crippen LogP contribution in [-0.4, -0.2) is 21.3 Å². The highest BCUT2D eigenvalue weighted by Gasteiger charge is 2.25. The molecule has 0 amide bonds. The molecule has 3 aromatic heterocycles. The summed E-state index contributed by atoms with van der Waals surface area (Å²) in [5.74, 6) is 0.369. The number of carbonyl (C=O) groups is 1. The van der Waals surface area contributed by atoms with Gasteiger partial charge in [-0.3, -0.25) is 0 Å². The number of aryl methyl sites for hydroxylation is 1. The normalized spacial score (nSPS) is 10.9. The van der Waals surface area contributed by atoms with Gasteiger partial charge in [-0.1, -0.05) is 46.2 Å². The van der Waals surface area contributed by atoms with E-state index < -0.39 is 5.97 Å². The second-order valence-electron chi connectivity index (χ2n) is 5.51. The predicted molar refractivity (Wildman–Crippen MR) is 98.4 cm³/mol. The summed E-state index contributed by atoms with van der Waals surface area (Å²) in [6, 6.07) is 10.8. The van der Waals surface area contributed by atoms with Crippen LogP contribution in [0.3, 0.4) is 0 Å². The molecular weight excluding hydrogens is 390 g/mol. The zero-order valence-electron chi connectivity index (χ0n) is 14.0. The first-order valence-electron chi connectivity index (χ1n) is 7.88. The van der Waals surface area contributed by atoms with Gasteiger partial charge in [0.1, 0.15) is 17.0 Å². The summed E-state index contributed by atoms with van der Waals surface area (Å²) < 4.78 is 15.6. The Labute approximate surface area is 162 Å². The molecule has 0 atom stereocenters. The van der Waals surface area contributed by atoms with Gasteiger partial charge in [-0.05, 0) is 24.4 Å². The molecule has 0 aliphatic carbocycles. The molecule has 0 saturated heterocycles. The molecule has 136 valence electrons. The van der Waals surface area contributed by atoms with E-state index in [1.54, 1.807) is 31.2 Å². The Morgan fingerprint density at radius 3 is 2.81 bits per heavy atom. The molecule has 0 aliphatic rings. The maximum absolute atomic E-state index is 12.6. The van der Waals surface area contributed by atoms with Crippen molar-refractivity contribution >= 4 is 28.9 Å². The smallest absolute Gasteiger partial charge is 0.344 e. The zero-order chi connectivity index (χ0) is 18.8. The minimum atomic E-state index is -0.612. The fraction of sp³-hybridized carbons (Fsp3) is 0.111. The second kappa shape index (κ2) is 7.34. The van der Waals surface area contributed by atoms with E-state index in [1.807, 2.05) is 17.5 Å². The van der Waals surface area contributed by atoms with Crippen LogP contribution in [0.25, 0.3) is 22.0 Å². The molecule has 0 aliphatic heterocycles. The number of halogens is 1. The summed E-state index contributed by atoms with van der Waals surface area (Å²) in [4.78, 5) is 17.7. The summed E-state index contributed by atoms with van der Waals surface area (Å²) in [6.07, 6.45) is 0. The van der Waals surface area contributed by atoms with Crippen LogP contribution >= 0.6 is 22.9 Å². The lowest BCUT2D eigenvalue weighted by Crippen LogP contribution is -2.07. The molecule has 0 saturated carbocycles. The SMILES string of the molecule is Cc1onc(-c2ccccc2Cl)c1C(=O)OCc1nc(-c2cccs2)no1. The third-order valence-corrected chi connectivity index (χ3v) is 4.93. The summed E-state index contributed by atoms with van der Waals surface area (Å²) >= 11 is 7.69. The topological polar surface area (TPSA) is 91.2 Å². The fourth-order valence-electron chi connectivity index (χ4n) is 2.47. The van der Waals surface area contributed by atoms with Crippen molar-refractivity contribution in [2.24, 2.45) is 0 Å². The van der Waals surface area contributed by atoms with Crippen LogP contribution < -0.4 is 0 Å². The molecule has 0 N–H and O–H groups in total. The van der Waals surface area contributed by atoms with E-state index in [9.17, 15) is 4.79 Å². The molecule has 0 spiro atoms. The molecule has 4 rings (SSSR count). The fourth-order valence-corrected chi connectivity index (χ4v) is 3.34. The third kappa shape index (κ3) is 3.49. The number of carbonyl (C=O) groups excluding carboxylic acids is 1. The van der Waals surface area contributed by atoms with Gasteiger partial charge >= 0.3 is 5.97 Å². The first-order chi connectivity index (χ1) is 13.1. The van der Waals surface area contributed by atoms with Crippen molar-refractivity contribution < 1.29 is 18.6 Å². The standard InChI is InChI=1S/C18H12ClN3O4S/c1-10-15(16(21-25-10)11-5-2-3-6-12(11)19)18(23)24-9-14-20-17(22-26-14)13-7-4-8-27-13/h2-8H,9H2,1H3. The van der Waals surface area contributed by atoms with E-state index in [0.717, 1.165) is 4.88 Å². The van der Waals surface area contributed by atoms with Gasteiger partial charge in [0.05, 0.1) is 9.90 Å². The lowest BCUT2D eigenvalue weighted by atomic mass is 10.1. The van der Waals surface area contributed by atoms with Gasteiger partial charge in [0.2, 0.25) is 5.82 Å². The van der Waals surface area contributed by atoms with Gasteiger partial charge in [-0.25, -0.2) is 4.79 Å². The number of nitrogens with zero attached hydrogens (tertiary/aromatic N) is 3. The average molecular weight is 402 g/mol. The number of thiophene rings is 1. The Hall–Kier alpha value is -2.97.